The zero-order valence-electron chi connectivity index (χ0n) is 32.5. The fraction of sp³-hybridized carbons (Fsp3) is 0.756. The van der Waals surface area contributed by atoms with Crippen molar-refractivity contribution < 1.29 is 47.8 Å². The lowest BCUT2D eigenvalue weighted by Crippen LogP contribution is -2.29. The molecule has 11 heteroatoms. The highest BCUT2D eigenvalue weighted by atomic mass is 31.2. The molecule has 0 fully saturated rings. The van der Waals surface area contributed by atoms with Gasteiger partial charge in [-0.1, -0.05) is 127 Å². The molecule has 0 saturated heterocycles. The molecule has 0 bridgehead atoms. The lowest BCUT2D eigenvalue weighted by Gasteiger charge is -2.20. The quantitative estimate of drug-likeness (QED) is 0.0242. The maximum Gasteiger partial charge on any atom is 0.472 e. The summed E-state index contributed by atoms with van der Waals surface area (Å²) in [6.07, 6.45) is 37.9. The number of carbonyl (C=O) groups excluding carboxylic acids is 2. The molecule has 0 aliphatic carbocycles. The van der Waals surface area contributed by atoms with Crippen LogP contribution in [0.15, 0.2) is 48.6 Å². The maximum atomic E-state index is 12.6. The van der Waals surface area contributed by atoms with Crippen LogP contribution in [-0.4, -0.2) is 65.7 Å². The van der Waals surface area contributed by atoms with E-state index in [0.717, 1.165) is 89.9 Å². The summed E-state index contributed by atoms with van der Waals surface area (Å²) < 4.78 is 32.6. The van der Waals surface area contributed by atoms with Crippen LogP contribution in [0.1, 0.15) is 162 Å². The van der Waals surface area contributed by atoms with Crippen molar-refractivity contribution in [2.24, 2.45) is 0 Å². The normalized spacial score (nSPS) is 14.5. The summed E-state index contributed by atoms with van der Waals surface area (Å²) in [5.74, 6) is -0.961. The van der Waals surface area contributed by atoms with Crippen LogP contribution in [0.4, 0.5) is 0 Å². The maximum absolute atomic E-state index is 12.6. The summed E-state index contributed by atoms with van der Waals surface area (Å²) in [6, 6.07) is 0. The lowest BCUT2D eigenvalue weighted by atomic mass is 10.1. The molecule has 0 aromatic carbocycles. The van der Waals surface area contributed by atoms with Gasteiger partial charge in [-0.15, -0.1) is 0 Å². The molecule has 1 unspecified atom stereocenters. The number of allylic oxidation sites excluding steroid dienone is 8. The zero-order chi connectivity index (χ0) is 38.4. The van der Waals surface area contributed by atoms with E-state index in [1.54, 1.807) is 0 Å². The number of hydrogen-bond acceptors (Lipinski definition) is 9. The van der Waals surface area contributed by atoms with E-state index in [4.69, 9.17) is 19.1 Å². The minimum Gasteiger partial charge on any atom is -0.462 e. The lowest BCUT2D eigenvalue weighted by molar-refractivity contribution is -0.161. The number of carbonyl (C=O) groups is 2. The van der Waals surface area contributed by atoms with E-state index >= 15 is 0 Å². The molecule has 0 aliphatic rings. The molecule has 0 saturated carbocycles. The molecule has 0 aromatic rings. The van der Waals surface area contributed by atoms with Crippen molar-refractivity contribution in [3.05, 3.63) is 48.6 Å². The molecule has 3 N–H and O–H groups in total. The third-order valence-corrected chi connectivity index (χ3v) is 9.16. The molecular formula is C41H73O10P. The van der Waals surface area contributed by atoms with Crippen LogP contribution >= 0.6 is 7.82 Å². The van der Waals surface area contributed by atoms with Crippen molar-refractivity contribution in [3.8, 4) is 0 Å². The Kier molecular flexibility index (Phi) is 35.8. The second-order valence-electron chi connectivity index (χ2n) is 13.3. The molecule has 0 rings (SSSR count). The topological polar surface area (TPSA) is 149 Å². The van der Waals surface area contributed by atoms with Crippen LogP contribution in [0.2, 0.25) is 0 Å². The highest BCUT2D eigenvalue weighted by Gasteiger charge is 2.27. The second kappa shape index (κ2) is 37.3. The molecule has 0 amide bonds. The van der Waals surface area contributed by atoms with Gasteiger partial charge in [0.25, 0.3) is 0 Å². The summed E-state index contributed by atoms with van der Waals surface area (Å²) in [6.45, 7) is 2.26. The van der Waals surface area contributed by atoms with Gasteiger partial charge in [-0.05, 0) is 70.6 Å². The molecule has 0 aromatic heterocycles. The number of phosphoric ester groups is 1. The molecule has 302 valence electrons. The standard InChI is InChI=1S/C41H73O10P/c1-3-5-7-9-11-13-15-17-19-21-22-24-26-28-30-32-40(44)48-36-39(37-50-52(46,47)49-35-38(43)34-42)51-41(45)33-31-29-27-25-23-20-18-16-14-12-10-8-6-4-2/h10-13,16-19,38-39,42-43H,3-9,14-15,20-37H2,1-2H3,(H,46,47)/b12-10-,13-11-,18-16-,19-17-/t38-,39+/m0/s1. The van der Waals surface area contributed by atoms with Crippen molar-refractivity contribution >= 4 is 19.8 Å². The third kappa shape index (κ3) is 36.3. The van der Waals surface area contributed by atoms with Crippen LogP contribution in [0.25, 0.3) is 0 Å². The van der Waals surface area contributed by atoms with Gasteiger partial charge in [0, 0.05) is 12.8 Å². The van der Waals surface area contributed by atoms with Gasteiger partial charge in [0.1, 0.15) is 12.7 Å². The Morgan fingerprint density at radius 3 is 1.54 bits per heavy atom. The van der Waals surface area contributed by atoms with Gasteiger partial charge in [-0.2, -0.15) is 0 Å². The van der Waals surface area contributed by atoms with Crippen molar-refractivity contribution in [1.29, 1.82) is 0 Å². The number of rotatable bonds is 37. The van der Waals surface area contributed by atoms with Gasteiger partial charge in [-0.25, -0.2) is 4.57 Å². The van der Waals surface area contributed by atoms with E-state index in [2.05, 4.69) is 67.0 Å². The number of hydrogen-bond donors (Lipinski definition) is 3. The van der Waals surface area contributed by atoms with E-state index in [1.807, 2.05) is 0 Å². The zero-order valence-corrected chi connectivity index (χ0v) is 33.4. The van der Waals surface area contributed by atoms with E-state index in [9.17, 15) is 24.2 Å². The molecule has 52 heavy (non-hydrogen) atoms. The van der Waals surface area contributed by atoms with Gasteiger partial charge in [0.05, 0.1) is 19.8 Å². The van der Waals surface area contributed by atoms with E-state index < -0.39 is 51.8 Å². The van der Waals surface area contributed by atoms with Crippen LogP contribution < -0.4 is 0 Å². The monoisotopic (exact) mass is 756 g/mol. The predicted molar refractivity (Wildman–Crippen MR) is 210 cm³/mol. The van der Waals surface area contributed by atoms with Gasteiger partial charge in [0.15, 0.2) is 6.10 Å². The Hall–Kier alpha value is -2.07. The third-order valence-electron chi connectivity index (χ3n) is 8.21. The number of aliphatic hydroxyl groups is 2. The van der Waals surface area contributed by atoms with E-state index in [1.165, 1.54) is 32.1 Å². The molecule has 0 heterocycles. The first kappa shape index (κ1) is 49.9. The average molecular weight is 757 g/mol. The number of phosphoric acid groups is 1. The van der Waals surface area contributed by atoms with Crippen LogP contribution in [0, 0.1) is 0 Å². The highest BCUT2D eigenvalue weighted by molar-refractivity contribution is 7.47. The summed E-state index contributed by atoms with van der Waals surface area (Å²) in [4.78, 5) is 34.9. The number of esters is 2. The Balaban J connectivity index is 4.40. The average Bonchev–Trinajstić information content (AvgIpc) is 3.13. The fourth-order valence-corrected chi connectivity index (χ4v) is 5.83. The van der Waals surface area contributed by atoms with Crippen molar-refractivity contribution in [2.45, 2.75) is 174 Å². The van der Waals surface area contributed by atoms with E-state index in [-0.39, 0.29) is 19.4 Å². The van der Waals surface area contributed by atoms with Crippen LogP contribution in [0.3, 0.4) is 0 Å². The Bertz CT molecular complexity index is 1010. The van der Waals surface area contributed by atoms with E-state index in [0.29, 0.717) is 12.8 Å². The van der Waals surface area contributed by atoms with Gasteiger partial charge in [-0.3, -0.25) is 18.6 Å². The number of ether oxygens (including phenoxy) is 2. The summed E-state index contributed by atoms with van der Waals surface area (Å²) in [5, 5.41) is 18.3. The van der Waals surface area contributed by atoms with Crippen molar-refractivity contribution in [1.82, 2.24) is 0 Å². The minimum atomic E-state index is -4.62. The Morgan fingerprint density at radius 2 is 1.02 bits per heavy atom. The number of aliphatic hydroxyl groups excluding tert-OH is 2. The van der Waals surface area contributed by atoms with Crippen molar-refractivity contribution in [2.75, 3.05) is 26.4 Å². The smallest absolute Gasteiger partial charge is 0.462 e. The largest absolute Gasteiger partial charge is 0.472 e. The SMILES string of the molecule is CCCC/C=C\C/C=C\CCCCCCCC(=O)O[C@H](COC(=O)CCCCCCC/C=C\C/C=C\CCCCC)COP(=O)(O)OC[C@@H](O)CO. The Morgan fingerprint density at radius 1 is 0.577 bits per heavy atom. The first-order chi connectivity index (χ1) is 25.2. The molecule has 0 radical (unpaired) electrons. The molecule has 3 atom stereocenters. The van der Waals surface area contributed by atoms with Crippen molar-refractivity contribution in [3.63, 3.8) is 0 Å². The van der Waals surface area contributed by atoms with Gasteiger partial charge in [0.2, 0.25) is 0 Å². The molecule has 10 nitrogen and oxygen atoms in total. The predicted octanol–water partition coefficient (Wildman–Crippen LogP) is 10.2. The summed E-state index contributed by atoms with van der Waals surface area (Å²) in [5.41, 5.74) is 0. The Labute approximate surface area is 315 Å². The highest BCUT2D eigenvalue weighted by Crippen LogP contribution is 2.43. The van der Waals surface area contributed by atoms with Gasteiger partial charge >= 0.3 is 19.8 Å². The van der Waals surface area contributed by atoms with Crippen LogP contribution in [-0.2, 0) is 32.7 Å². The first-order valence-corrected chi connectivity index (χ1v) is 21.6. The van der Waals surface area contributed by atoms with Crippen LogP contribution in [0.5, 0.6) is 0 Å². The number of unbranched alkanes of at least 4 members (excludes halogenated alkanes) is 15. The van der Waals surface area contributed by atoms with Gasteiger partial charge < -0.3 is 24.6 Å². The molecular weight excluding hydrogens is 683 g/mol. The second-order valence-corrected chi connectivity index (χ2v) is 14.8. The first-order valence-electron chi connectivity index (χ1n) is 20.1. The minimum absolute atomic E-state index is 0.163. The summed E-state index contributed by atoms with van der Waals surface area (Å²) >= 11 is 0. The molecule has 0 aliphatic heterocycles. The molecule has 0 spiro atoms. The fourth-order valence-electron chi connectivity index (χ4n) is 5.04. The summed E-state index contributed by atoms with van der Waals surface area (Å²) in [7, 11) is -4.62.